The van der Waals surface area contributed by atoms with Crippen LogP contribution < -0.4 is 10.0 Å². The van der Waals surface area contributed by atoms with Gasteiger partial charge in [-0.1, -0.05) is 19.1 Å². The van der Waals surface area contributed by atoms with E-state index in [2.05, 4.69) is 0 Å². The van der Waals surface area contributed by atoms with Gasteiger partial charge in [-0.15, -0.1) is 0 Å². The average Bonchev–Trinajstić information content (AvgIpc) is 2.51. The lowest BCUT2D eigenvalue weighted by atomic mass is 10.1. The highest BCUT2D eigenvalue weighted by Gasteiger charge is 2.34. The van der Waals surface area contributed by atoms with Crippen molar-refractivity contribution in [2.75, 3.05) is 16.6 Å². The third kappa shape index (κ3) is 2.17. The monoisotopic (exact) mass is 254 g/mol. The standard InChI is InChI=1S/C12H18N2O2S/c1-9-7-14(17(15,16)8-9)12-5-3-4-10(2)11(12)6-13/h3-5,9H,6-8,13H2,1-2H3. The molecule has 0 bridgehead atoms. The van der Waals surface area contributed by atoms with E-state index in [1.807, 2.05) is 32.0 Å². The molecule has 0 amide bonds. The van der Waals surface area contributed by atoms with Crippen molar-refractivity contribution in [3.63, 3.8) is 0 Å². The zero-order chi connectivity index (χ0) is 12.6. The third-order valence-electron chi connectivity index (χ3n) is 3.17. The van der Waals surface area contributed by atoms with E-state index in [4.69, 9.17) is 5.73 Å². The fraction of sp³-hybridized carbons (Fsp3) is 0.500. The Bertz CT molecular complexity index is 525. The molecule has 1 saturated heterocycles. The molecule has 1 unspecified atom stereocenters. The molecule has 1 aromatic carbocycles. The van der Waals surface area contributed by atoms with Crippen molar-refractivity contribution in [3.8, 4) is 0 Å². The van der Waals surface area contributed by atoms with Crippen molar-refractivity contribution < 1.29 is 8.42 Å². The fourth-order valence-electron chi connectivity index (χ4n) is 2.33. The van der Waals surface area contributed by atoms with Gasteiger partial charge in [-0.2, -0.15) is 0 Å². The van der Waals surface area contributed by atoms with E-state index in [9.17, 15) is 8.42 Å². The van der Waals surface area contributed by atoms with Crippen LogP contribution in [0.5, 0.6) is 0 Å². The highest BCUT2D eigenvalue weighted by molar-refractivity contribution is 7.93. The predicted octanol–water partition coefficient (Wildman–Crippen LogP) is 1.24. The van der Waals surface area contributed by atoms with Crippen LogP contribution in [0.15, 0.2) is 18.2 Å². The molecule has 2 rings (SSSR count). The summed E-state index contributed by atoms with van der Waals surface area (Å²) in [5, 5.41) is 0. The van der Waals surface area contributed by atoms with Crippen molar-refractivity contribution in [2.45, 2.75) is 20.4 Å². The molecule has 1 aromatic rings. The van der Waals surface area contributed by atoms with Crippen molar-refractivity contribution in [1.29, 1.82) is 0 Å². The van der Waals surface area contributed by atoms with Crippen LogP contribution in [-0.4, -0.2) is 20.7 Å². The Labute approximate surface area is 102 Å². The molecule has 1 fully saturated rings. The first-order valence-corrected chi connectivity index (χ1v) is 7.35. The SMILES string of the molecule is Cc1cccc(N2CC(C)CS2(=O)=O)c1CN. The molecule has 4 nitrogen and oxygen atoms in total. The summed E-state index contributed by atoms with van der Waals surface area (Å²) in [6.45, 7) is 4.83. The van der Waals surface area contributed by atoms with Crippen molar-refractivity contribution in [2.24, 2.45) is 11.7 Å². The molecule has 2 N–H and O–H groups in total. The largest absolute Gasteiger partial charge is 0.326 e. The van der Waals surface area contributed by atoms with Crippen LogP contribution in [0.4, 0.5) is 5.69 Å². The Kier molecular flexibility index (Phi) is 3.14. The normalized spacial score (nSPS) is 23.0. The Balaban J connectivity index is 2.51. The molecule has 0 spiro atoms. The number of anilines is 1. The van der Waals surface area contributed by atoms with Gasteiger partial charge < -0.3 is 5.73 Å². The minimum absolute atomic E-state index is 0.172. The lowest BCUT2D eigenvalue weighted by molar-refractivity contribution is 0.598. The maximum absolute atomic E-state index is 12.0. The summed E-state index contributed by atoms with van der Waals surface area (Å²) < 4.78 is 25.6. The van der Waals surface area contributed by atoms with Gasteiger partial charge in [0.2, 0.25) is 10.0 Å². The summed E-state index contributed by atoms with van der Waals surface area (Å²) in [5.41, 5.74) is 8.43. The number of aryl methyl sites for hydroxylation is 1. The van der Waals surface area contributed by atoms with E-state index in [-0.39, 0.29) is 11.7 Å². The summed E-state index contributed by atoms with van der Waals surface area (Å²) in [4.78, 5) is 0. The van der Waals surface area contributed by atoms with Crippen LogP contribution in [-0.2, 0) is 16.6 Å². The van der Waals surface area contributed by atoms with Gasteiger partial charge in [0, 0.05) is 13.1 Å². The van der Waals surface area contributed by atoms with E-state index in [0.29, 0.717) is 13.1 Å². The Morgan fingerprint density at radius 1 is 1.47 bits per heavy atom. The lowest BCUT2D eigenvalue weighted by Crippen LogP contribution is -2.27. The predicted molar refractivity (Wildman–Crippen MR) is 69.4 cm³/mol. The molecular formula is C12H18N2O2S. The second-order valence-corrected chi connectivity index (χ2v) is 6.63. The number of rotatable bonds is 2. The van der Waals surface area contributed by atoms with Crippen LogP contribution in [0.1, 0.15) is 18.1 Å². The third-order valence-corrected chi connectivity index (χ3v) is 5.17. The number of hydrogen-bond acceptors (Lipinski definition) is 3. The molecule has 17 heavy (non-hydrogen) atoms. The smallest absolute Gasteiger partial charge is 0.235 e. The van der Waals surface area contributed by atoms with Crippen LogP contribution in [0.25, 0.3) is 0 Å². The first kappa shape index (κ1) is 12.4. The molecule has 0 aliphatic carbocycles. The van der Waals surface area contributed by atoms with Crippen LogP contribution in [0, 0.1) is 12.8 Å². The molecule has 1 atom stereocenters. The van der Waals surface area contributed by atoms with Crippen molar-refractivity contribution in [1.82, 2.24) is 0 Å². The molecule has 1 aliphatic rings. The summed E-state index contributed by atoms with van der Waals surface area (Å²) in [5.74, 6) is 0.399. The van der Waals surface area contributed by atoms with Gasteiger partial charge in [0.05, 0.1) is 11.4 Å². The highest BCUT2D eigenvalue weighted by atomic mass is 32.2. The summed E-state index contributed by atoms with van der Waals surface area (Å²) in [6, 6.07) is 5.67. The molecule has 0 aromatic heterocycles. The molecule has 94 valence electrons. The Morgan fingerprint density at radius 2 is 2.18 bits per heavy atom. The highest BCUT2D eigenvalue weighted by Crippen LogP contribution is 2.31. The zero-order valence-corrected chi connectivity index (χ0v) is 11.0. The van der Waals surface area contributed by atoms with E-state index in [1.54, 1.807) is 0 Å². The number of hydrogen-bond donors (Lipinski definition) is 1. The topological polar surface area (TPSA) is 63.4 Å². The second kappa shape index (κ2) is 4.31. The molecule has 5 heteroatoms. The van der Waals surface area contributed by atoms with Gasteiger partial charge in [-0.3, -0.25) is 4.31 Å². The van der Waals surface area contributed by atoms with Gasteiger partial charge in [0.15, 0.2) is 0 Å². The number of benzene rings is 1. The maximum Gasteiger partial charge on any atom is 0.235 e. The van der Waals surface area contributed by atoms with E-state index < -0.39 is 10.0 Å². The molecule has 0 radical (unpaired) electrons. The van der Waals surface area contributed by atoms with Gasteiger partial charge in [0.25, 0.3) is 0 Å². The minimum atomic E-state index is -3.16. The molecular weight excluding hydrogens is 236 g/mol. The average molecular weight is 254 g/mol. The maximum atomic E-state index is 12.0. The summed E-state index contributed by atoms with van der Waals surface area (Å²) in [7, 11) is -3.16. The van der Waals surface area contributed by atoms with Crippen LogP contribution in [0.3, 0.4) is 0 Å². The van der Waals surface area contributed by atoms with E-state index >= 15 is 0 Å². The summed E-state index contributed by atoms with van der Waals surface area (Å²) >= 11 is 0. The minimum Gasteiger partial charge on any atom is -0.326 e. The number of sulfonamides is 1. The fourth-order valence-corrected chi connectivity index (χ4v) is 4.29. The quantitative estimate of drug-likeness (QED) is 0.863. The Morgan fingerprint density at radius 3 is 2.71 bits per heavy atom. The summed E-state index contributed by atoms with van der Waals surface area (Å²) in [6.07, 6.45) is 0. The second-order valence-electron chi connectivity index (χ2n) is 4.69. The van der Waals surface area contributed by atoms with Gasteiger partial charge >= 0.3 is 0 Å². The first-order valence-electron chi connectivity index (χ1n) is 5.74. The van der Waals surface area contributed by atoms with Crippen LogP contribution in [0.2, 0.25) is 0 Å². The van der Waals surface area contributed by atoms with Crippen LogP contribution >= 0.6 is 0 Å². The van der Waals surface area contributed by atoms with Crippen molar-refractivity contribution >= 4 is 15.7 Å². The molecule has 1 aliphatic heterocycles. The lowest BCUT2D eigenvalue weighted by Gasteiger charge is -2.21. The number of nitrogens with two attached hydrogens (primary N) is 1. The van der Waals surface area contributed by atoms with Gasteiger partial charge in [0.1, 0.15) is 0 Å². The van der Waals surface area contributed by atoms with Gasteiger partial charge in [-0.25, -0.2) is 8.42 Å². The number of nitrogens with zero attached hydrogens (tertiary/aromatic N) is 1. The van der Waals surface area contributed by atoms with Gasteiger partial charge in [-0.05, 0) is 30.0 Å². The molecule has 1 heterocycles. The Hall–Kier alpha value is -1.07. The molecule has 0 saturated carbocycles. The van der Waals surface area contributed by atoms with Crippen molar-refractivity contribution in [3.05, 3.63) is 29.3 Å². The first-order chi connectivity index (χ1) is 7.95. The van der Waals surface area contributed by atoms with E-state index in [1.165, 1.54) is 4.31 Å². The van der Waals surface area contributed by atoms with E-state index in [0.717, 1.165) is 16.8 Å². The zero-order valence-electron chi connectivity index (χ0n) is 10.2.